The van der Waals surface area contributed by atoms with E-state index in [1.165, 1.54) is 11.3 Å². The van der Waals surface area contributed by atoms with Crippen LogP contribution < -0.4 is 4.31 Å². The van der Waals surface area contributed by atoms with Gasteiger partial charge in [0.05, 0.1) is 12.2 Å². The average Bonchev–Trinajstić information content (AvgIpc) is 1.86. The number of fused-ring (bicyclic) bond motifs is 1. The van der Waals surface area contributed by atoms with Gasteiger partial charge in [0.1, 0.15) is 0 Å². The Kier molecular flexibility index (Phi) is 0.963. The summed E-state index contributed by atoms with van der Waals surface area (Å²) in [5, 5.41) is 0. The lowest BCUT2D eigenvalue weighted by Crippen LogP contribution is -2.21. The molecule has 9 heavy (non-hydrogen) atoms. The minimum Gasteiger partial charge on any atom is -0.314 e. The normalized spacial score (nSPS) is 14.6. The molecule has 2 rings (SSSR count). The molecule has 0 N–H and O–H groups in total. The fraction of sp³-hybridized carbons (Fsp3) is 0.143. The summed E-state index contributed by atoms with van der Waals surface area (Å²) in [7, 11) is 0. The molecule has 0 aliphatic carbocycles. The molecule has 0 aromatic heterocycles. The number of rotatable bonds is 0. The minimum absolute atomic E-state index is 0.985. The number of hydrogen-bond acceptors (Lipinski definition) is 2. The van der Waals surface area contributed by atoms with Crippen LogP contribution in [0.2, 0.25) is 0 Å². The van der Waals surface area contributed by atoms with Crippen LogP contribution in [0, 0.1) is 0 Å². The Morgan fingerprint density at radius 2 is 2.11 bits per heavy atom. The van der Waals surface area contributed by atoms with Crippen molar-refractivity contribution in [3.8, 4) is 0 Å². The van der Waals surface area contributed by atoms with Gasteiger partial charge < -0.3 is 4.31 Å². The molecule has 0 fully saturated rings. The Hall–Kier alpha value is -0.630. The van der Waals surface area contributed by atoms with Crippen LogP contribution in [0.25, 0.3) is 0 Å². The Balaban J connectivity index is 2.51. The highest BCUT2D eigenvalue weighted by Gasteiger charge is 2.17. The summed E-state index contributed by atoms with van der Waals surface area (Å²) < 4.78 is 1.94. The predicted octanol–water partition coefficient (Wildman–Crippen LogP) is 1.85. The van der Waals surface area contributed by atoms with E-state index in [0.29, 0.717) is 0 Å². The first-order chi connectivity index (χ1) is 4.38. The summed E-state index contributed by atoms with van der Waals surface area (Å²) in [5.74, 6) is 0. The number of benzene rings is 1. The number of thiol groups is 1. The second-order valence-electron chi connectivity index (χ2n) is 2.19. The van der Waals surface area contributed by atoms with Gasteiger partial charge in [0.15, 0.2) is 0 Å². The molecule has 1 heterocycles. The highest BCUT2D eigenvalue weighted by molar-refractivity contribution is 7.81. The molecule has 0 spiro atoms. The number of hydrogen-bond donors (Lipinski definition) is 1. The Morgan fingerprint density at radius 1 is 1.33 bits per heavy atom. The van der Waals surface area contributed by atoms with Crippen LogP contribution in [-0.2, 0) is 6.54 Å². The van der Waals surface area contributed by atoms with E-state index in [1.807, 2.05) is 10.4 Å². The molecule has 46 valence electrons. The van der Waals surface area contributed by atoms with Gasteiger partial charge in [-0.05, 0) is 11.6 Å². The van der Waals surface area contributed by atoms with Gasteiger partial charge in [-0.2, -0.15) is 0 Å². The van der Waals surface area contributed by atoms with E-state index in [4.69, 9.17) is 0 Å². The Bertz CT molecular complexity index is 234. The molecule has 0 saturated heterocycles. The van der Waals surface area contributed by atoms with Crippen LogP contribution in [-0.4, -0.2) is 0 Å². The standard InChI is InChI=1S/C7H7NS/c9-8-5-6-3-1-2-4-7(6)8/h1-4,9H,5H2. The van der Waals surface area contributed by atoms with Crippen molar-refractivity contribution >= 4 is 18.5 Å². The Morgan fingerprint density at radius 3 is 2.67 bits per heavy atom. The molecule has 1 aromatic rings. The summed E-state index contributed by atoms with van der Waals surface area (Å²) >= 11 is 4.20. The molecule has 0 radical (unpaired) electrons. The van der Waals surface area contributed by atoms with Crippen molar-refractivity contribution < 1.29 is 0 Å². The first-order valence-corrected chi connectivity index (χ1v) is 3.32. The third-order valence-electron chi connectivity index (χ3n) is 1.59. The number of nitrogens with zero attached hydrogens (tertiary/aromatic N) is 1. The predicted molar refractivity (Wildman–Crippen MR) is 41.6 cm³/mol. The molecular formula is C7H7NS. The zero-order chi connectivity index (χ0) is 6.27. The molecule has 0 saturated carbocycles. The highest BCUT2D eigenvalue weighted by Crippen LogP contribution is 2.32. The van der Waals surface area contributed by atoms with E-state index < -0.39 is 0 Å². The largest absolute Gasteiger partial charge is 0.314 e. The second kappa shape index (κ2) is 1.67. The number of para-hydroxylation sites is 1. The molecular weight excluding hydrogens is 130 g/mol. The van der Waals surface area contributed by atoms with Gasteiger partial charge in [0, 0.05) is 0 Å². The van der Waals surface area contributed by atoms with E-state index in [2.05, 4.69) is 31.0 Å². The third kappa shape index (κ3) is 0.630. The molecule has 1 aromatic carbocycles. The first-order valence-electron chi connectivity index (χ1n) is 2.92. The molecule has 1 nitrogen and oxygen atoms in total. The fourth-order valence-corrected chi connectivity index (χ4v) is 1.40. The first kappa shape index (κ1) is 5.18. The van der Waals surface area contributed by atoms with Gasteiger partial charge in [-0.15, -0.1) is 0 Å². The van der Waals surface area contributed by atoms with Crippen LogP contribution in [0.15, 0.2) is 24.3 Å². The molecule has 2 heteroatoms. The topological polar surface area (TPSA) is 3.24 Å². The monoisotopic (exact) mass is 137 g/mol. The van der Waals surface area contributed by atoms with E-state index in [-0.39, 0.29) is 0 Å². The van der Waals surface area contributed by atoms with Crippen molar-refractivity contribution in [1.82, 2.24) is 0 Å². The zero-order valence-corrected chi connectivity index (χ0v) is 5.81. The van der Waals surface area contributed by atoms with E-state index in [9.17, 15) is 0 Å². The third-order valence-corrected chi connectivity index (χ3v) is 1.95. The van der Waals surface area contributed by atoms with Gasteiger partial charge in [0.2, 0.25) is 0 Å². The summed E-state index contributed by atoms with van der Waals surface area (Å²) in [5.41, 5.74) is 2.65. The van der Waals surface area contributed by atoms with Crippen molar-refractivity contribution in [2.75, 3.05) is 4.31 Å². The van der Waals surface area contributed by atoms with Gasteiger partial charge in [-0.3, -0.25) is 0 Å². The smallest absolute Gasteiger partial charge is 0.0564 e. The summed E-state index contributed by atoms with van der Waals surface area (Å²) in [4.78, 5) is 0. The maximum absolute atomic E-state index is 4.20. The van der Waals surface area contributed by atoms with Gasteiger partial charge in [0.25, 0.3) is 0 Å². The van der Waals surface area contributed by atoms with Gasteiger partial charge in [-0.25, -0.2) is 0 Å². The van der Waals surface area contributed by atoms with E-state index in [0.717, 1.165) is 6.54 Å². The summed E-state index contributed by atoms with van der Waals surface area (Å²) in [6, 6.07) is 8.29. The molecule has 0 amide bonds. The van der Waals surface area contributed by atoms with Crippen LogP contribution >= 0.6 is 12.8 Å². The van der Waals surface area contributed by atoms with Gasteiger partial charge in [-0.1, -0.05) is 31.0 Å². The van der Waals surface area contributed by atoms with E-state index in [1.54, 1.807) is 0 Å². The fourth-order valence-electron chi connectivity index (χ4n) is 1.05. The summed E-state index contributed by atoms with van der Waals surface area (Å²) in [6.07, 6.45) is 0. The molecule has 1 aliphatic heterocycles. The minimum atomic E-state index is 0.985. The van der Waals surface area contributed by atoms with Crippen LogP contribution in [0.3, 0.4) is 0 Å². The SMILES string of the molecule is SN1Cc2ccccc21. The van der Waals surface area contributed by atoms with Crippen LogP contribution in [0.1, 0.15) is 5.56 Å². The molecule has 1 aliphatic rings. The van der Waals surface area contributed by atoms with Gasteiger partial charge >= 0.3 is 0 Å². The molecule has 0 bridgehead atoms. The maximum atomic E-state index is 4.20. The maximum Gasteiger partial charge on any atom is 0.0564 e. The van der Waals surface area contributed by atoms with Crippen molar-refractivity contribution in [2.24, 2.45) is 0 Å². The quantitative estimate of drug-likeness (QED) is 0.534. The van der Waals surface area contributed by atoms with Crippen molar-refractivity contribution in [2.45, 2.75) is 6.54 Å². The van der Waals surface area contributed by atoms with Crippen molar-refractivity contribution in [3.63, 3.8) is 0 Å². The zero-order valence-electron chi connectivity index (χ0n) is 4.91. The highest BCUT2D eigenvalue weighted by atomic mass is 32.1. The van der Waals surface area contributed by atoms with Crippen molar-refractivity contribution in [1.29, 1.82) is 0 Å². The number of anilines is 1. The van der Waals surface area contributed by atoms with Crippen molar-refractivity contribution in [3.05, 3.63) is 29.8 Å². The Labute approximate surface area is 59.8 Å². The van der Waals surface area contributed by atoms with E-state index >= 15 is 0 Å². The molecule has 0 unspecified atom stereocenters. The lowest BCUT2D eigenvalue weighted by atomic mass is 10.1. The van der Waals surface area contributed by atoms with Crippen LogP contribution in [0.5, 0.6) is 0 Å². The summed E-state index contributed by atoms with van der Waals surface area (Å²) in [6.45, 7) is 0.985. The van der Waals surface area contributed by atoms with Crippen LogP contribution in [0.4, 0.5) is 5.69 Å². The lowest BCUT2D eigenvalue weighted by Gasteiger charge is -2.30. The second-order valence-corrected chi connectivity index (χ2v) is 2.67. The average molecular weight is 137 g/mol. The lowest BCUT2D eigenvalue weighted by molar-refractivity contribution is 0.963. The molecule has 0 atom stereocenters.